The van der Waals surface area contributed by atoms with Crippen molar-refractivity contribution in [2.24, 2.45) is 0 Å². The molecule has 1 aliphatic heterocycles. The Hall–Kier alpha value is -1.97. The Balaban J connectivity index is 1.20. The molecule has 1 aromatic carbocycles. The van der Waals surface area contributed by atoms with Crippen molar-refractivity contribution >= 4 is 23.4 Å². The Labute approximate surface area is 259 Å². The molecule has 1 aromatic rings. The molecule has 0 radical (unpaired) electrons. The van der Waals surface area contributed by atoms with Crippen LogP contribution in [0.4, 0.5) is 8.78 Å². The second-order valence-electron chi connectivity index (χ2n) is 13.6. The number of amides is 2. The first kappa shape index (κ1) is 32.4. The number of carbonyl (C=O) groups is 2. The van der Waals surface area contributed by atoms with Crippen molar-refractivity contribution in [3.63, 3.8) is 0 Å². The zero-order valence-corrected chi connectivity index (χ0v) is 26.1. The Morgan fingerprint density at radius 1 is 1.00 bits per heavy atom. The minimum absolute atomic E-state index is 0.0262. The van der Waals surface area contributed by atoms with E-state index in [1.165, 1.54) is 44.2 Å². The first-order valence-corrected chi connectivity index (χ1v) is 16.8. The molecular formula is C33H48ClF2N3O4. The number of nitrogens with one attached hydrogen (secondary N) is 2. The van der Waals surface area contributed by atoms with Gasteiger partial charge in [0.05, 0.1) is 22.7 Å². The van der Waals surface area contributed by atoms with Crippen molar-refractivity contribution in [2.45, 2.75) is 151 Å². The summed E-state index contributed by atoms with van der Waals surface area (Å²) in [6, 6.07) is 3.52. The Morgan fingerprint density at radius 3 is 2.28 bits per heavy atom. The number of ether oxygens (including phenoxy) is 1. The van der Waals surface area contributed by atoms with Crippen molar-refractivity contribution in [3.05, 3.63) is 29.0 Å². The van der Waals surface area contributed by atoms with Crippen LogP contribution in [-0.2, 0) is 9.59 Å². The molecule has 43 heavy (non-hydrogen) atoms. The SMILES string of the molecule is CC1C(F)CCC(C(=O)NC23CCC(NC(=O)COc4ccc(Cl)c(F)c4)(CC2)C(O)C3)N1C1CCCCCCCCC1. The second kappa shape index (κ2) is 14.0. The summed E-state index contributed by atoms with van der Waals surface area (Å²) in [6.07, 6.45) is 12.2. The van der Waals surface area contributed by atoms with E-state index in [4.69, 9.17) is 16.3 Å². The molecule has 240 valence electrons. The highest BCUT2D eigenvalue weighted by molar-refractivity contribution is 6.30. The van der Waals surface area contributed by atoms with Gasteiger partial charge in [-0.05, 0) is 76.8 Å². The molecular weight excluding hydrogens is 576 g/mol. The van der Waals surface area contributed by atoms with E-state index in [2.05, 4.69) is 15.5 Å². The minimum atomic E-state index is -0.935. The largest absolute Gasteiger partial charge is 0.484 e. The molecule has 1 heterocycles. The Kier molecular flexibility index (Phi) is 10.5. The van der Waals surface area contributed by atoms with Gasteiger partial charge in [-0.15, -0.1) is 0 Å². The predicted molar refractivity (Wildman–Crippen MR) is 162 cm³/mol. The van der Waals surface area contributed by atoms with Crippen molar-refractivity contribution in [2.75, 3.05) is 6.61 Å². The van der Waals surface area contributed by atoms with Crippen molar-refractivity contribution < 1.29 is 28.2 Å². The molecule has 4 aliphatic carbocycles. The second-order valence-corrected chi connectivity index (χ2v) is 14.0. The van der Waals surface area contributed by atoms with Gasteiger partial charge in [-0.2, -0.15) is 0 Å². The fourth-order valence-electron chi connectivity index (χ4n) is 8.15. The number of rotatable bonds is 7. The van der Waals surface area contributed by atoms with Crippen LogP contribution in [-0.4, -0.2) is 69.9 Å². The smallest absolute Gasteiger partial charge is 0.258 e. The van der Waals surface area contributed by atoms with Crippen LogP contribution in [0.3, 0.4) is 0 Å². The van der Waals surface area contributed by atoms with Gasteiger partial charge in [0.2, 0.25) is 5.91 Å². The van der Waals surface area contributed by atoms with Crippen LogP contribution < -0.4 is 15.4 Å². The van der Waals surface area contributed by atoms with E-state index >= 15 is 4.39 Å². The van der Waals surface area contributed by atoms with Gasteiger partial charge in [-0.25, -0.2) is 8.78 Å². The topological polar surface area (TPSA) is 90.9 Å². The summed E-state index contributed by atoms with van der Waals surface area (Å²) < 4.78 is 34.2. The Bertz CT molecular complexity index is 1120. The van der Waals surface area contributed by atoms with Gasteiger partial charge in [0, 0.05) is 23.7 Å². The minimum Gasteiger partial charge on any atom is -0.484 e. The zero-order chi connectivity index (χ0) is 30.6. The van der Waals surface area contributed by atoms with E-state index in [0.29, 0.717) is 44.9 Å². The highest BCUT2D eigenvalue weighted by Crippen LogP contribution is 2.47. The standard InChI is InChI=1S/C33H48ClF2N3O4/c1-22-26(35)13-14-28(39(22)23-9-7-5-3-2-4-6-8-10-23)31(42)38-32-15-17-33(18-16-32,29(40)20-32)37-30(41)21-43-24-11-12-25(34)27(36)19-24/h11-12,19,22-23,26,28-29,40H,2-10,13-18,20-21H2,1H3,(H,37,41)(H,38,42). The molecule has 4 unspecified atom stereocenters. The Morgan fingerprint density at radius 2 is 1.65 bits per heavy atom. The monoisotopic (exact) mass is 623 g/mol. The summed E-state index contributed by atoms with van der Waals surface area (Å²) in [4.78, 5) is 29.0. The molecule has 1 saturated heterocycles. The molecule has 5 fully saturated rings. The van der Waals surface area contributed by atoms with Crippen LogP contribution in [0.15, 0.2) is 18.2 Å². The third kappa shape index (κ3) is 7.47. The van der Waals surface area contributed by atoms with Gasteiger partial charge < -0.3 is 20.5 Å². The normalized spacial score (nSPS) is 34.3. The summed E-state index contributed by atoms with van der Waals surface area (Å²) in [6.45, 7) is 1.63. The van der Waals surface area contributed by atoms with E-state index in [1.807, 2.05) is 6.92 Å². The maximum Gasteiger partial charge on any atom is 0.258 e. The number of halogens is 3. The fourth-order valence-corrected chi connectivity index (χ4v) is 8.27. The first-order valence-electron chi connectivity index (χ1n) is 16.4. The first-order chi connectivity index (χ1) is 20.6. The van der Waals surface area contributed by atoms with Crippen LogP contribution in [0, 0.1) is 5.82 Å². The van der Waals surface area contributed by atoms with Crippen LogP contribution >= 0.6 is 11.6 Å². The lowest BCUT2D eigenvalue weighted by molar-refractivity contribution is -0.142. The quantitative estimate of drug-likeness (QED) is 0.347. The maximum absolute atomic E-state index is 15.1. The molecule has 2 amide bonds. The number of alkyl halides is 1. The highest BCUT2D eigenvalue weighted by atomic mass is 35.5. The molecule has 7 nitrogen and oxygen atoms in total. The summed E-state index contributed by atoms with van der Waals surface area (Å²) >= 11 is 5.71. The number of fused-ring (bicyclic) bond motifs is 3. The van der Waals surface area contributed by atoms with E-state index in [9.17, 15) is 19.1 Å². The third-order valence-corrected chi connectivity index (χ3v) is 11.0. The molecule has 5 aliphatic rings. The molecule has 3 N–H and O–H groups in total. The van der Waals surface area contributed by atoms with E-state index < -0.39 is 35.1 Å². The number of benzene rings is 1. The van der Waals surface area contributed by atoms with Crippen molar-refractivity contribution in [3.8, 4) is 5.75 Å². The highest BCUT2D eigenvalue weighted by Gasteiger charge is 2.56. The number of aliphatic hydroxyl groups excluding tert-OH is 1. The number of carbonyl (C=O) groups excluding carboxylic acids is 2. The van der Waals surface area contributed by atoms with Gasteiger partial charge in [0.15, 0.2) is 6.61 Å². The lowest BCUT2D eigenvalue weighted by atomic mass is 9.59. The number of nitrogens with zero attached hydrogens (tertiary/aromatic N) is 1. The average Bonchev–Trinajstić information content (AvgIpc) is 2.98. The molecule has 4 atom stereocenters. The fraction of sp³-hybridized carbons (Fsp3) is 0.758. The lowest BCUT2D eigenvalue weighted by Crippen LogP contribution is -2.71. The van der Waals surface area contributed by atoms with Crippen LogP contribution in [0.5, 0.6) is 5.75 Å². The van der Waals surface area contributed by atoms with Gasteiger partial charge in [-0.3, -0.25) is 14.5 Å². The van der Waals surface area contributed by atoms with Gasteiger partial charge in [-0.1, -0.05) is 56.5 Å². The summed E-state index contributed by atoms with van der Waals surface area (Å²) in [7, 11) is 0. The van der Waals surface area contributed by atoms with Crippen LogP contribution in [0.1, 0.15) is 110 Å². The summed E-state index contributed by atoms with van der Waals surface area (Å²) in [5.74, 6) is -0.881. The number of aliphatic hydroxyl groups is 1. The number of hydrogen-bond acceptors (Lipinski definition) is 5. The van der Waals surface area contributed by atoms with Crippen molar-refractivity contribution in [1.29, 1.82) is 0 Å². The predicted octanol–water partition coefficient (Wildman–Crippen LogP) is 5.99. The van der Waals surface area contributed by atoms with E-state index in [0.717, 1.165) is 31.7 Å². The summed E-state index contributed by atoms with van der Waals surface area (Å²) in [5.41, 5.74) is -1.33. The van der Waals surface area contributed by atoms with Gasteiger partial charge in [0.1, 0.15) is 17.7 Å². The summed E-state index contributed by atoms with van der Waals surface area (Å²) in [5, 5.41) is 17.6. The third-order valence-electron chi connectivity index (χ3n) is 10.7. The average molecular weight is 624 g/mol. The number of likely N-dealkylation sites (tertiary alicyclic amines) is 1. The molecule has 2 bridgehead atoms. The van der Waals surface area contributed by atoms with Crippen LogP contribution in [0.2, 0.25) is 5.02 Å². The van der Waals surface area contributed by atoms with E-state index in [1.54, 1.807) is 0 Å². The van der Waals surface area contributed by atoms with Gasteiger partial charge >= 0.3 is 0 Å². The number of hydrogen-bond donors (Lipinski definition) is 3. The maximum atomic E-state index is 15.1. The van der Waals surface area contributed by atoms with Gasteiger partial charge in [0.25, 0.3) is 5.91 Å². The molecule has 6 rings (SSSR count). The van der Waals surface area contributed by atoms with Crippen molar-refractivity contribution in [1.82, 2.24) is 15.5 Å². The molecule has 0 aromatic heterocycles. The number of piperidine rings is 1. The molecule has 0 spiro atoms. The van der Waals surface area contributed by atoms with Crippen LogP contribution in [0.25, 0.3) is 0 Å². The van der Waals surface area contributed by atoms with E-state index in [-0.39, 0.29) is 41.4 Å². The zero-order valence-electron chi connectivity index (χ0n) is 25.4. The lowest BCUT2D eigenvalue weighted by Gasteiger charge is -2.57. The molecule has 4 saturated carbocycles. The molecule has 10 heteroatoms.